The fraction of sp³-hybridized carbons (Fsp3) is 0.400. The van der Waals surface area contributed by atoms with Crippen LogP contribution < -0.4 is 10.0 Å². The molecular weight excluding hydrogens is 248 g/mol. The fourth-order valence-corrected chi connectivity index (χ4v) is 3.27. The molecule has 16 heavy (non-hydrogen) atoms. The lowest BCUT2D eigenvalue weighted by molar-refractivity contribution is 0.410. The fourth-order valence-electron chi connectivity index (χ4n) is 1.53. The summed E-state index contributed by atoms with van der Waals surface area (Å²) in [7, 11) is -3.45. The van der Waals surface area contributed by atoms with E-state index in [1.54, 1.807) is 25.1 Å². The van der Waals surface area contributed by atoms with Crippen LogP contribution in [0.5, 0.6) is 0 Å². The van der Waals surface area contributed by atoms with Crippen LogP contribution in [-0.4, -0.2) is 27.5 Å². The van der Waals surface area contributed by atoms with Gasteiger partial charge in [-0.05, 0) is 24.6 Å². The lowest BCUT2D eigenvalue weighted by atomic mass is 10.2. The summed E-state index contributed by atoms with van der Waals surface area (Å²) >= 11 is 5.90. The van der Waals surface area contributed by atoms with Gasteiger partial charge in [0.1, 0.15) is 0 Å². The van der Waals surface area contributed by atoms with Gasteiger partial charge in [0.25, 0.3) is 0 Å². The minimum absolute atomic E-state index is 0.0108. The predicted octanol–water partition coefficient (Wildman–Crippen LogP) is 0.899. The molecule has 0 aromatic heterocycles. The summed E-state index contributed by atoms with van der Waals surface area (Å²) in [6, 6.07) is 4.88. The van der Waals surface area contributed by atoms with Crippen molar-refractivity contribution in [1.29, 1.82) is 0 Å². The first-order valence-electron chi connectivity index (χ1n) is 4.99. The van der Waals surface area contributed by atoms with Crippen molar-refractivity contribution >= 4 is 21.6 Å². The summed E-state index contributed by atoms with van der Waals surface area (Å²) < 4.78 is 26.6. The second-order valence-electron chi connectivity index (χ2n) is 3.84. The Morgan fingerprint density at radius 1 is 1.44 bits per heavy atom. The van der Waals surface area contributed by atoms with Crippen molar-refractivity contribution in [1.82, 2.24) is 10.0 Å². The van der Waals surface area contributed by atoms with Crippen molar-refractivity contribution in [3.63, 3.8) is 0 Å². The van der Waals surface area contributed by atoms with Crippen molar-refractivity contribution in [2.45, 2.75) is 17.9 Å². The van der Waals surface area contributed by atoms with Crippen molar-refractivity contribution < 1.29 is 8.42 Å². The molecule has 0 unspecified atom stereocenters. The van der Waals surface area contributed by atoms with Crippen LogP contribution in [0.3, 0.4) is 0 Å². The van der Waals surface area contributed by atoms with E-state index in [0.29, 0.717) is 23.7 Å². The molecule has 0 spiro atoms. The SMILES string of the molecule is Cc1c(Cl)cccc1S(=O)(=O)NC1CNC1. The van der Waals surface area contributed by atoms with Crippen LogP contribution in [0.15, 0.2) is 23.1 Å². The molecule has 0 amide bonds. The number of rotatable bonds is 3. The van der Waals surface area contributed by atoms with E-state index in [4.69, 9.17) is 11.6 Å². The first kappa shape index (κ1) is 11.9. The first-order chi connectivity index (χ1) is 7.50. The average molecular weight is 261 g/mol. The van der Waals surface area contributed by atoms with Crippen LogP contribution >= 0.6 is 11.6 Å². The molecule has 1 aliphatic rings. The summed E-state index contributed by atoms with van der Waals surface area (Å²) in [6.07, 6.45) is 0. The Labute approximate surface area is 100 Å². The smallest absolute Gasteiger partial charge is 0.241 e. The molecule has 0 aliphatic carbocycles. The second kappa shape index (κ2) is 4.33. The van der Waals surface area contributed by atoms with E-state index in [1.807, 2.05) is 0 Å². The number of halogens is 1. The number of nitrogens with one attached hydrogen (secondary N) is 2. The Morgan fingerprint density at radius 2 is 2.12 bits per heavy atom. The summed E-state index contributed by atoms with van der Waals surface area (Å²) in [5, 5.41) is 3.48. The third-order valence-corrected chi connectivity index (χ3v) is 4.69. The zero-order valence-electron chi connectivity index (χ0n) is 8.83. The van der Waals surface area contributed by atoms with Gasteiger partial charge in [-0.15, -0.1) is 0 Å². The summed E-state index contributed by atoms with van der Waals surface area (Å²) in [5.74, 6) is 0. The van der Waals surface area contributed by atoms with Crippen LogP contribution in [0, 0.1) is 6.92 Å². The standard InChI is InChI=1S/C10H13ClN2O2S/c1-7-9(11)3-2-4-10(7)16(14,15)13-8-5-12-6-8/h2-4,8,12-13H,5-6H2,1H3. The highest BCUT2D eigenvalue weighted by atomic mass is 35.5. The normalized spacial score (nSPS) is 17.1. The van der Waals surface area contributed by atoms with E-state index in [0.717, 1.165) is 0 Å². The van der Waals surface area contributed by atoms with Gasteiger partial charge in [0, 0.05) is 24.2 Å². The highest BCUT2D eigenvalue weighted by Crippen LogP contribution is 2.22. The van der Waals surface area contributed by atoms with Gasteiger partial charge in [-0.25, -0.2) is 13.1 Å². The van der Waals surface area contributed by atoms with Crippen LogP contribution in [0.1, 0.15) is 5.56 Å². The van der Waals surface area contributed by atoms with E-state index in [-0.39, 0.29) is 10.9 Å². The second-order valence-corrected chi connectivity index (χ2v) is 5.93. The molecule has 4 nitrogen and oxygen atoms in total. The maximum Gasteiger partial charge on any atom is 0.241 e. The third-order valence-electron chi connectivity index (χ3n) is 2.61. The number of benzene rings is 1. The van der Waals surface area contributed by atoms with E-state index in [2.05, 4.69) is 10.0 Å². The molecule has 2 rings (SSSR count). The lowest BCUT2D eigenvalue weighted by Gasteiger charge is -2.27. The van der Waals surface area contributed by atoms with Crippen LogP contribution in [0.2, 0.25) is 5.02 Å². The van der Waals surface area contributed by atoms with Crippen LogP contribution in [0.4, 0.5) is 0 Å². The molecule has 1 saturated heterocycles. The van der Waals surface area contributed by atoms with Crippen LogP contribution in [0.25, 0.3) is 0 Å². The molecule has 0 radical (unpaired) electrons. The quantitative estimate of drug-likeness (QED) is 0.849. The Balaban J connectivity index is 2.31. The molecule has 88 valence electrons. The molecule has 1 fully saturated rings. The van der Waals surface area contributed by atoms with E-state index < -0.39 is 10.0 Å². The van der Waals surface area contributed by atoms with E-state index in [1.165, 1.54) is 0 Å². The van der Waals surface area contributed by atoms with Crippen LogP contribution in [-0.2, 0) is 10.0 Å². The van der Waals surface area contributed by atoms with Gasteiger partial charge in [0.2, 0.25) is 10.0 Å². The van der Waals surface area contributed by atoms with Gasteiger partial charge in [0.15, 0.2) is 0 Å². The average Bonchev–Trinajstić information content (AvgIpc) is 2.16. The Kier molecular flexibility index (Phi) is 3.21. The van der Waals surface area contributed by atoms with Gasteiger partial charge in [0.05, 0.1) is 4.90 Å². The van der Waals surface area contributed by atoms with E-state index >= 15 is 0 Å². The zero-order chi connectivity index (χ0) is 11.8. The van der Waals surface area contributed by atoms with Gasteiger partial charge in [-0.2, -0.15) is 0 Å². The molecule has 1 heterocycles. The minimum Gasteiger partial charge on any atom is -0.313 e. The van der Waals surface area contributed by atoms with Gasteiger partial charge < -0.3 is 5.32 Å². The summed E-state index contributed by atoms with van der Waals surface area (Å²) in [5.41, 5.74) is 0.587. The summed E-state index contributed by atoms with van der Waals surface area (Å²) in [6.45, 7) is 3.06. The molecule has 0 saturated carbocycles. The molecule has 1 aromatic rings. The Hall–Kier alpha value is -0.620. The van der Waals surface area contributed by atoms with Gasteiger partial charge in [-0.1, -0.05) is 17.7 Å². The highest BCUT2D eigenvalue weighted by Gasteiger charge is 2.25. The third kappa shape index (κ3) is 2.22. The zero-order valence-corrected chi connectivity index (χ0v) is 10.4. The molecule has 0 atom stereocenters. The molecule has 6 heteroatoms. The summed E-state index contributed by atoms with van der Waals surface area (Å²) in [4.78, 5) is 0.256. The Morgan fingerprint density at radius 3 is 2.69 bits per heavy atom. The monoisotopic (exact) mass is 260 g/mol. The Bertz CT molecular complexity index is 498. The largest absolute Gasteiger partial charge is 0.313 e. The molecule has 0 bridgehead atoms. The van der Waals surface area contributed by atoms with Crippen molar-refractivity contribution in [2.75, 3.05) is 13.1 Å². The first-order valence-corrected chi connectivity index (χ1v) is 6.85. The number of hydrogen-bond acceptors (Lipinski definition) is 3. The van der Waals surface area contributed by atoms with Gasteiger partial charge >= 0.3 is 0 Å². The van der Waals surface area contributed by atoms with Crippen molar-refractivity contribution in [3.05, 3.63) is 28.8 Å². The molecular formula is C10H13ClN2O2S. The topological polar surface area (TPSA) is 58.2 Å². The van der Waals surface area contributed by atoms with Gasteiger partial charge in [-0.3, -0.25) is 0 Å². The lowest BCUT2D eigenvalue weighted by Crippen LogP contribution is -2.56. The molecule has 1 aromatic carbocycles. The maximum atomic E-state index is 12.0. The minimum atomic E-state index is -3.45. The van der Waals surface area contributed by atoms with Crippen molar-refractivity contribution in [3.8, 4) is 0 Å². The highest BCUT2D eigenvalue weighted by molar-refractivity contribution is 7.89. The van der Waals surface area contributed by atoms with Crippen molar-refractivity contribution in [2.24, 2.45) is 0 Å². The predicted molar refractivity (Wildman–Crippen MR) is 63.2 cm³/mol. The number of sulfonamides is 1. The molecule has 2 N–H and O–H groups in total. The maximum absolute atomic E-state index is 12.0. The number of hydrogen-bond donors (Lipinski definition) is 2. The van der Waals surface area contributed by atoms with E-state index in [9.17, 15) is 8.42 Å². The molecule has 1 aliphatic heterocycles.